The van der Waals surface area contributed by atoms with Crippen molar-refractivity contribution in [3.8, 4) is 0 Å². The lowest BCUT2D eigenvalue weighted by Gasteiger charge is -2.13. The summed E-state index contributed by atoms with van der Waals surface area (Å²) in [6.45, 7) is 4.58. The first-order valence-corrected chi connectivity index (χ1v) is 7.54. The minimum absolute atomic E-state index is 0.480. The summed E-state index contributed by atoms with van der Waals surface area (Å²) in [7, 11) is 0. The van der Waals surface area contributed by atoms with Crippen LogP contribution < -0.4 is 11.1 Å². The Morgan fingerprint density at radius 3 is 2.76 bits per heavy atom. The van der Waals surface area contributed by atoms with E-state index in [0.717, 1.165) is 12.1 Å². The van der Waals surface area contributed by atoms with Gasteiger partial charge in [-0.15, -0.1) is 0 Å². The highest BCUT2D eigenvalue weighted by Gasteiger charge is 2.15. The van der Waals surface area contributed by atoms with Gasteiger partial charge in [-0.05, 0) is 25.5 Å². The molecule has 0 aliphatic carbocycles. The monoisotopic (exact) mass is 312 g/mol. The second kappa shape index (κ2) is 6.80. The zero-order valence-corrected chi connectivity index (χ0v) is 12.8. The molecule has 7 heteroatoms. The lowest BCUT2D eigenvalue weighted by molar-refractivity contribution is 0.252. The Labute approximate surface area is 126 Å². The summed E-state index contributed by atoms with van der Waals surface area (Å²) in [5, 5.41) is 7.50. The minimum atomic E-state index is -2.47. The van der Waals surface area contributed by atoms with Crippen LogP contribution in [0.15, 0.2) is 29.2 Å². The Morgan fingerprint density at radius 2 is 2.10 bits per heavy atom. The van der Waals surface area contributed by atoms with Gasteiger partial charge in [0.25, 0.3) is 5.76 Å². The second-order valence-electron chi connectivity index (χ2n) is 4.57. The quantitative estimate of drug-likeness (QED) is 0.783. The number of nitrogens with zero attached hydrogens (tertiary/aromatic N) is 2. The summed E-state index contributed by atoms with van der Waals surface area (Å²) >= 11 is 0.510. The molecule has 1 aromatic heterocycles. The summed E-state index contributed by atoms with van der Waals surface area (Å²) in [4.78, 5) is 0.480. The van der Waals surface area contributed by atoms with E-state index in [2.05, 4.69) is 10.4 Å². The van der Waals surface area contributed by atoms with Gasteiger partial charge in [-0.2, -0.15) is 13.9 Å². The van der Waals surface area contributed by atoms with Gasteiger partial charge in [0.15, 0.2) is 5.82 Å². The van der Waals surface area contributed by atoms with Crippen LogP contribution in [-0.2, 0) is 6.54 Å². The Bertz CT molecular complexity index is 613. The number of para-hydroxylation sites is 1. The average molecular weight is 312 g/mol. The van der Waals surface area contributed by atoms with Crippen LogP contribution in [0.25, 0.3) is 0 Å². The van der Waals surface area contributed by atoms with Gasteiger partial charge in [0, 0.05) is 11.4 Å². The molecule has 4 nitrogen and oxygen atoms in total. The van der Waals surface area contributed by atoms with Crippen LogP contribution in [0.3, 0.4) is 0 Å². The second-order valence-corrected chi connectivity index (χ2v) is 5.60. The van der Waals surface area contributed by atoms with Crippen LogP contribution in [0, 0.1) is 6.92 Å². The SMILES string of the molecule is CCCn1nc(C)c(N)c1Nc1ccccc1SC(F)F. The van der Waals surface area contributed by atoms with E-state index in [1.165, 1.54) is 0 Å². The normalized spacial score (nSPS) is 11.1. The third kappa shape index (κ3) is 3.66. The largest absolute Gasteiger partial charge is 0.394 e. The van der Waals surface area contributed by atoms with Gasteiger partial charge in [0.05, 0.1) is 17.1 Å². The number of nitrogens with one attached hydrogen (secondary N) is 1. The van der Waals surface area contributed by atoms with E-state index in [0.29, 0.717) is 40.4 Å². The van der Waals surface area contributed by atoms with Crippen LogP contribution in [0.2, 0.25) is 0 Å². The number of hydrogen-bond acceptors (Lipinski definition) is 4. The molecule has 3 N–H and O–H groups in total. The summed E-state index contributed by atoms with van der Waals surface area (Å²) in [5.74, 6) is -1.82. The zero-order chi connectivity index (χ0) is 15.4. The number of nitrogens with two attached hydrogens (primary N) is 1. The van der Waals surface area contributed by atoms with Crippen molar-refractivity contribution in [2.24, 2.45) is 0 Å². The van der Waals surface area contributed by atoms with Crippen molar-refractivity contribution in [3.63, 3.8) is 0 Å². The smallest absolute Gasteiger partial charge is 0.288 e. The predicted molar refractivity (Wildman–Crippen MR) is 83.3 cm³/mol. The third-order valence-corrected chi connectivity index (χ3v) is 3.75. The van der Waals surface area contributed by atoms with Gasteiger partial charge in [-0.3, -0.25) is 0 Å². The molecule has 0 spiro atoms. The van der Waals surface area contributed by atoms with Gasteiger partial charge in [-0.1, -0.05) is 30.8 Å². The molecular weight excluding hydrogens is 294 g/mol. The molecule has 0 saturated carbocycles. The van der Waals surface area contributed by atoms with Gasteiger partial charge in [0.2, 0.25) is 0 Å². The molecule has 0 unspecified atom stereocenters. The van der Waals surface area contributed by atoms with Crippen molar-refractivity contribution in [2.45, 2.75) is 37.5 Å². The molecular formula is C14H18F2N4S. The maximum absolute atomic E-state index is 12.6. The fourth-order valence-electron chi connectivity index (χ4n) is 2.00. The molecule has 0 radical (unpaired) electrons. The number of alkyl halides is 2. The highest BCUT2D eigenvalue weighted by Crippen LogP contribution is 2.35. The number of thioether (sulfide) groups is 1. The Hall–Kier alpha value is -1.76. The third-order valence-electron chi connectivity index (χ3n) is 2.97. The molecule has 2 rings (SSSR count). The van der Waals surface area contributed by atoms with Crippen molar-refractivity contribution in [1.82, 2.24) is 9.78 Å². The minimum Gasteiger partial charge on any atom is -0.394 e. The fourth-order valence-corrected chi connectivity index (χ4v) is 2.59. The van der Waals surface area contributed by atoms with Crippen molar-refractivity contribution in [1.29, 1.82) is 0 Å². The van der Waals surface area contributed by atoms with Crippen LogP contribution in [0.1, 0.15) is 19.0 Å². The first-order valence-electron chi connectivity index (χ1n) is 6.66. The molecule has 0 saturated heterocycles. The van der Waals surface area contributed by atoms with Crippen molar-refractivity contribution < 1.29 is 8.78 Å². The number of anilines is 3. The Morgan fingerprint density at radius 1 is 1.38 bits per heavy atom. The maximum atomic E-state index is 12.6. The predicted octanol–water partition coefficient (Wildman–Crippen LogP) is 4.24. The van der Waals surface area contributed by atoms with Gasteiger partial charge < -0.3 is 11.1 Å². The number of aromatic nitrogens is 2. The van der Waals surface area contributed by atoms with Crippen LogP contribution >= 0.6 is 11.8 Å². The molecule has 0 fully saturated rings. The van der Waals surface area contributed by atoms with Gasteiger partial charge in [-0.25, -0.2) is 4.68 Å². The zero-order valence-electron chi connectivity index (χ0n) is 11.9. The van der Waals surface area contributed by atoms with E-state index in [9.17, 15) is 8.78 Å². The number of nitrogen functional groups attached to an aromatic ring is 1. The summed E-state index contributed by atoms with van der Waals surface area (Å²) in [6.07, 6.45) is 0.905. The van der Waals surface area contributed by atoms with E-state index in [1.54, 1.807) is 28.9 Å². The molecule has 0 amide bonds. The lowest BCUT2D eigenvalue weighted by atomic mass is 10.3. The van der Waals surface area contributed by atoms with Crippen LogP contribution in [0.4, 0.5) is 26.0 Å². The topological polar surface area (TPSA) is 55.9 Å². The number of halogens is 2. The number of hydrogen-bond donors (Lipinski definition) is 2. The first-order chi connectivity index (χ1) is 10.0. The molecule has 114 valence electrons. The Balaban J connectivity index is 2.34. The first kappa shape index (κ1) is 15.6. The van der Waals surface area contributed by atoms with Crippen molar-refractivity contribution in [3.05, 3.63) is 30.0 Å². The molecule has 1 aromatic carbocycles. The van der Waals surface area contributed by atoms with Gasteiger partial charge in [0.1, 0.15) is 0 Å². The highest BCUT2D eigenvalue weighted by molar-refractivity contribution is 7.99. The summed E-state index contributed by atoms with van der Waals surface area (Å²) < 4.78 is 27.0. The van der Waals surface area contributed by atoms with E-state index >= 15 is 0 Å². The van der Waals surface area contributed by atoms with E-state index in [-0.39, 0.29) is 0 Å². The van der Waals surface area contributed by atoms with Crippen LogP contribution in [-0.4, -0.2) is 15.5 Å². The summed E-state index contributed by atoms with van der Waals surface area (Å²) in [6, 6.07) is 6.93. The molecule has 0 aliphatic rings. The maximum Gasteiger partial charge on any atom is 0.288 e. The van der Waals surface area contributed by atoms with E-state index < -0.39 is 5.76 Å². The van der Waals surface area contributed by atoms with Crippen molar-refractivity contribution >= 4 is 29.0 Å². The van der Waals surface area contributed by atoms with Crippen molar-refractivity contribution in [2.75, 3.05) is 11.1 Å². The molecule has 0 bridgehead atoms. The number of benzene rings is 1. The lowest BCUT2D eigenvalue weighted by Crippen LogP contribution is -2.06. The molecule has 21 heavy (non-hydrogen) atoms. The highest BCUT2D eigenvalue weighted by atomic mass is 32.2. The molecule has 0 atom stereocenters. The molecule has 2 aromatic rings. The van der Waals surface area contributed by atoms with Crippen LogP contribution in [0.5, 0.6) is 0 Å². The van der Waals surface area contributed by atoms with E-state index in [4.69, 9.17) is 5.73 Å². The number of aryl methyl sites for hydroxylation is 2. The van der Waals surface area contributed by atoms with E-state index in [1.807, 2.05) is 13.8 Å². The van der Waals surface area contributed by atoms with Gasteiger partial charge >= 0.3 is 0 Å². The summed E-state index contributed by atoms with van der Waals surface area (Å²) in [5.41, 5.74) is 7.90. The number of rotatable bonds is 6. The molecule has 1 heterocycles. The average Bonchev–Trinajstić information content (AvgIpc) is 2.69. The molecule has 0 aliphatic heterocycles. The standard InChI is InChI=1S/C14H18F2N4S/c1-3-8-20-13(12(17)9(2)19-20)18-10-6-4-5-7-11(10)21-14(15)16/h4-7,14,18H,3,8,17H2,1-2H3. The Kier molecular flexibility index (Phi) is 5.06. The fraction of sp³-hybridized carbons (Fsp3) is 0.357.